The molecule has 0 aliphatic heterocycles. The lowest BCUT2D eigenvalue weighted by molar-refractivity contribution is -0.110. The van der Waals surface area contributed by atoms with E-state index in [9.17, 15) is 4.79 Å². The largest absolute Gasteiger partial charge is 0.352 e. The summed E-state index contributed by atoms with van der Waals surface area (Å²) < 4.78 is 0. The lowest BCUT2D eigenvalue weighted by Crippen LogP contribution is -2.37. The van der Waals surface area contributed by atoms with Crippen LogP contribution in [0.2, 0.25) is 15.1 Å². The average Bonchev–Trinajstić information content (AvgIpc) is 2.32. The lowest BCUT2D eigenvalue weighted by atomic mass is 9.86. The zero-order chi connectivity index (χ0) is 14.6. The van der Waals surface area contributed by atoms with Crippen LogP contribution in [0.15, 0.2) is 18.2 Å². The zero-order valence-corrected chi connectivity index (χ0v) is 13.3. The van der Waals surface area contributed by atoms with Gasteiger partial charge in [-0.1, -0.05) is 73.8 Å². The minimum Gasteiger partial charge on any atom is -0.352 e. The van der Waals surface area contributed by atoms with Crippen LogP contribution in [0.3, 0.4) is 0 Å². The first kappa shape index (κ1) is 16.4. The highest BCUT2D eigenvalue weighted by atomic mass is 35.5. The SMILES string of the molecule is CC(C)(C)[C@@H](/C=C/c1ccc(Cl)c(Cl)c1Cl)NC=O. The third kappa shape index (κ3) is 4.41. The first-order chi connectivity index (χ1) is 8.77. The summed E-state index contributed by atoms with van der Waals surface area (Å²) in [7, 11) is 0. The summed E-state index contributed by atoms with van der Waals surface area (Å²) in [5.74, 6) is 0. The van der Waals surface area contributed by atoms with Gasteiger partial charge in [0.1, 0.15) is 0 Å². The predicted octanol–water partition coefficient (Wildman–Crippen LogP) is 4.82. The number of hydrogen-bond donors (Lipinski definition) is 1. The van der Waals surface area contributed by atoms with Crippen LogP contribution in [0.4, 0.5) is 0 Å². The number of benzene rings is 1. The molecule has 0 heterocycles. The predicted molar refractivity (Wildman–Crippen MR) is 82.9 cm³/mol. The second-order valence-corrected chi connectivity index (χ2v) is 6.42. The number of amides is 1. The summed E-state index contributed by atoms with van der Waals surface area (Å²) in [4.78, 5) is 10.6. The second kappa shape index (κ2) is 6.65. The van der Waals surface area contributed by atoms with E-state index in [1.54, 1.807) is 12.1 Å². The van der Waals surface area contributed by atoms with Gasteiger partial charge in [0.15, 0.2) is 0 Å². The van der Waals surface area contributed by atoms with E-state index in [2.05, 4.69) is 5.32 Å². The van der Waals surface area contributed by atoms with Crippen molar-refractivity contribution in [3.63, 3.8) is 0 Å². The van der Waals surface area contributed by atoms with Crippen LogP contribution < -0.4 is 5.32 Å². The van der Waals surface area contributed by atoms with Gasteiger partial charge in [0.2, 0.25) is 6.41 Å². The molecule has 1 aromatic carbocycles. The lowest BCUT2D eigenvalue weighted by Gasteiger charge is -2.27. The van der Waals surface area contributed by atoms with Crippen molar-refractivity contribution >= 4 is 47.3 Å². The van der Waals surface area contributed by atoms with Crippen molar-refractivity contribution in [3.05, 3.63) is 38.8 Å². The van der Waals surface area contributed by atoms with Crippen molar-refractivity contribution in [1.82, 2.24) is 5.32 Å². The smallest absolute Gasteiger partial charge is 0.207 e. The highest BCUT2D eigenvalue weighted by Gasteiger charge is 2.21. The van der Waals surface area contributed by atoms with Crippen molar-refractivity contribution in [1.29, 1.82) is 0 Å². The van der Waals surface area contributed by atoms with E-state index in [0.717, 1.165) is 5.56 Å². The van der Waals surface area contributed by atoms with Gasteiger partial charge in [-0.3, -0.25) is 4.79 Å². The molecule has 0 saturated carbocycles. The molecule has 1 aromatic rings. The Hall–Kier alpha value is -0.700. The number of halogens is 3. The fraction of sp³-hybridized carbons (Fsp3) is 0.357. The molecule has 0 aliphatic carbocycles. The Kier molecular flexibility index (Phi) is 5.72. The number of carbonyl (C=O) groups excluding carboxylic acids is 1. The van der Waals surface area contributed by atoms with Crippen molar-refractivity contribution in [2.75, 3.05) is 0 Å². The summed E-state index contributed by atoms with van der Waals surface area (Å²) in [6, 6.07) is 3.37. The molecule has 104 valence electrons. The van der Waals surface area contributed by atoms with Crippen molar-refractivity contribution in [2.45, 2.75) is 26.8 Å². The molecular formula is C14H16Cl3NO. The molecule has 1 rings (SSSR count). The Morgan fingerprint density at radius 1 is 1.16 bits per heavy atom. The Bertz CT molecular complexity index is 492. The Labute approximate surface area is 128 Å². The van der Waals surface area contributed by atoms with Gasteiger partial charge in [-0.05, 0) is 17.0 Å². The monoisotopic (exact) mass is 319 g/mol. The van der Waals surface area contributed by atoms with Crippen LogP contribution in [0, 0.1) is 5.41 Å². The van der Waals surface area contributed by atoms with Crippen LogP contribution in [0.1, 0.15) is 26.3 Å². The molecule has 0 bridgehead atoms. The molecule has 0 spiro atoms. The minimum absolute atomic E-state index is 0.0971. The Morgan fingerprint density at radius 2 is 1.79 bits per heavy atom. The quantitative estimate of drug-likeness (QED) is 0.625. The Balaban J connectivity index is 3.03. The topological polar surface area (TPSA) is 29.1 Å². The van der Waals surface area contributed by atoms with Gasteiger partial charge >= 0.3 is 0 Å². The van der Waals surface area contributed by atoms with E-state index in [4.69, 9.17) is 34.8 Å². The molecule has 1 N–H and O–H groups in total. The van der Waals surface area contributed by atoms with Crippen LogP contribution in [-0.4, -0.2) is 12.5 Å². The summed E-state index contributed by atoms with van der Waals surface area (Å²) in [6.45, 7) is 6.11. The second-order valence-electron chi connectivity index (χ2n) is 5.25. The highest BCUT2D eigenvalue weighted by molar-refractivity contribution is 6.48. The maximum absolute atomic E-state index is 10.6. The summed E-state index contributed by atoms with van der Waals surface area (Å²) in [5.41, 5.74) is 0.665. The van der Waals surface area contributed by atoms with E-state index in [-0.39, 0.29) is 11.5 Å². The molecule has 0 aromatic heterocycles. The average molecular weight is 321 g/mol. The van der Waals surface area contributed by atoms with E-state index in [0.29, 0.717) is 21.5 Å². The van der Waals surface area contributed by atoms with E-state index in [1.807, 2.05) is 32.9 Å². The van der Waals surface area contributed by atoms with Crippen LogP contribution >= 0.6 is 34.8 Å². The first-order valence-corrected chi connectivity index (χ1v) is 6.92. The molecule has 1 atom stereocenters. The summed E-state index contributed by atoms with van der Waals surface area (Å²) in [6.07, 6.45) is 4.41. The molecule has 2 nitrogen and oxygen atoms in total. The van der Waals surface area contributed by atoms with Crippen molar-refractivity contribution < 1.29 is 4.79 Å². The zero-order valence-electron chi connectivity index (χ0n) is 11.0. The molecule has 19 heavy (non-hydrogen) atoms. The van der Waals surface area contributed by atoms with Crippen LogP contribution in [-0.2, 0) is 4.79 Å². The number of hydrogen-bond acceptors (Lipinski definition) is 1. The first-order valence-electron chi connectivity index (χ1n) is 5.78. The fourth-order valence-electron chi connectivity index (χ4n) is 1.54. The minimum atomic E-state index is -0.101. The van der Waals surface area contributed by atoms with Crippen molar-refractivity contribution in [2.24, 2.45) is 5.41 Å². The number of carbonyl (C=O) groups is 1. The van der Waals surface area contributed by atoms with Crippen molar-refractivity contribution in [3.8, 4) is 0 Å². The van der Waals surface area contributed by atoms with Crippen LogP contribution in [0.5, 0.6) is 0 Å². The molecule has 0 saturated heterocycles. The summed E-state index contributed by atoms with van der Waals surface area (Å²) >= 11 is 18.0. The molecule has 0 aliphatic rings. The molecule has 1 amide bonds. The third-order valence-corrected chi connectivity index (χ3v) is 4.02. The van der Waals surface area contributed by atoms with E-state index < -0.39 is 0 Å². The maximum atomic E-state index is 10.6. The summed E-state index contributed by atoms with van der Waals surface area (Å²) in [5, 5.41) is 3.93. The number of nitrogens with one attached hydrogen (secondary N) is 1. The molecule has 0 unspecified atom stereocenters. The van der Waals surface area contributed by atoms with Gasteiger partial charge in [-0.25, -0.2) is 0 Å². The van der Waals surface area contributed by atoms with E-state index >= 15 is 0 Å². The van der Waals surface area contributed by atoms with Gasteiger partial charge in [-0.2, -0.15) is 0 Å². The van der Waals surface area contributed by atoms with Gasteiger partial charge in [-0.15, -0.1) is 0 Å². The fourth-order valence-corrected chi connectivity index (χ4v) is 2.14. The van der Waals surface area contributed by atoms with Gasteiger partial charge < -0.3 is 5.32 Å². The molecular weight excluding hydrogens is 305 g/mol. The molecule has 5 heteroatoms. The molecule has 0 radical (unpaired) electrons. The third-order valence-electron chi connectivity index (χ3n) is 2.71. The van der Waals surface area contributed by atoms with E-state index in [1.165, 1.54) is 0 Å². The standard InChI is InChI=1S/C14H16Cl3NO/c1-14(2,3)11(18-8-19)7-5-9-4-6-10(15)13(17)12(9)16/h4-8,11H,1-3H3,(H,18,19)/b7-5+/t11-/m1/s1. The van der Waals surface area contributed by atoms with Gasteiger partial charge in [0, 0.05) is 0 Å². The van der Waals surface area contributed by atoms with Crippen LogP contribution in [0.25, 0.3) is 6.08 Å². The Morgan fingerprint density at radius 3 is 2.32 bits per heavy atom. The van der Waals surface area contributed by atoms with Gasteiger partial charge in [0.05, 0.1) is 21.1 Å². The normalized spacial score (nSPS) is 13.6. The maximum Gasteiger partial charge on any atom is 0.207 e. The highest BCUT2D eigenvalue weighted by Crippen LogP contribution is 2.33. The number of rotatable bonds is 4. The van der Waals surface area contributed by atoms with Gasteiger partial charge in [0.25, 0.3) is 0 Å². The molecule has 0 fully saturated rings.